The van der Waals surface area contributed by atoms with E-state index in [1.807, 2.05) is 31.2 Å². The van der Waals surface area contributed by atoms with Gasteiger partial charge in [0.15, 0.2) is 0 Å². The maximum absolute atomic E-state index is 10.8. The molecule has 0 atom stereocenters. The van der Waals surface area contributed by atoms with E-state index < -0.39 is 10.1 Å². The maximum Gasteiger partial charge on any atom is 0.266 e. The summed E-state index contributed by atoms with van der Waals surface area (Å²) >= 11 is 0. The van der Waals surface area contributed by atoms with E-state index in [0.717, 1.165) is 11.3 Å². The fourth-order valence-corrected chi connectivity index (χ4v) is 2.03. The van der Waals surface area contributed by atoms with Crippen LogP contribution in [0.5, 0.6) is 0 Å². The van der Waals surface area contributed by atoms with E-state index in [0.29, 0.717) is 6.54 Å². The molecule has 0 unspecified atom stereocenters. The highest BCUT2D eigenvalue weighted by Crippen LogP contribution is 2.15. The molecular weight excluding hydrogens is 256 g/mol. The first-order valence-electron chi connectivity index (χ1n) is 5.48. The number of rotatable bonds is 7. The molecule has 7 heteroatoms. The molecule has 0 bridgehead atoms. The molecule has 0 aliphatic heterocycles. The lowest BCUT2D eigenvalue weighted by atomic mass is 10.2. The second kappa shape index (κ2) is 6.46. The smallest absolute Gasteiger partial charge is 0.266 e. The number of aryl methyl sites for hydroxylation is 1. The SMILES string of the molecule is Cc1cccc(N(CCN=O)CCS(=O)(=O)O)c1. The van der Waals surface area contributed by atoms with E-state index in [-0.39, 0.29) is 18.8 Å². The fraction of sp³-hybridized carbons (Fsp3) is 0.455. The fourth-order valence-electron chi connectivity index (χ4n) is 1.58. The van der Waals surface area contributed by atoms with Crippen LogP contribution in [0.25, 0.3) is 0 Å². The Morgan fingerprint density at radius 3 is 2.61 bits per heavy atom. The van der Waals surface area contributed by atoms with E-state index in [1.54, 1.807) is 4.90 Å². The van der Waals surface area contributed by atoms with Gasteiger partial charge in [0.2, 0.25) is 0 Å². The van der Waals surface area contributed by atoms with Crippen LogP contribution in [0.4, 0.5) is 5.69 Å². The van der Waals surface area contributed by atoms with Gasteiger partial charge >= 0.3 is 0 Å². The molecule has 0 aliphatic rings. The summed E-state index contributed by atoms with van der Waals surface area (Å²) in [5.74, 6) is -0.375. The van der Waals surface area contributed by atoms with Crippen LogP contribution in [0.1, 0.15) is 5.56 Å². The Bertz CT molecular complexity index is 502. The van der Waals surface area contributed by atoms with Gasteiger partial charge in [0, 0.05) is 18.8 Å². The zero-order chi connectivity index (χ0) is 13.6. The van der Waals surface area contributed by atoms with Crippen LogP contribution in [0.15, 0.2) is 29.4 Å². The summed E-state index contributed by atoms with van der Waals surface area (Å²) in [4.78, 5) is 11.9. The summed E-state index contributed by atoms with van der Waals surface area (Å²) in [6.07, 6.45) is 0. The van der Waals surface area contributed by atoms with Gasteiger partial charge in [-0.3, -0.25) is 4.55 Å². The summed E-state index contributed by atoms with van der Waals surface area (Å²) in [6, 6.07) is 7.47. The van der Waals surface area contributed by atoms with Gasteiger partial charge in [-0.05, 0) is 24.6 Å². The number of hydrogen-bond donors (Lipinski definition) is 1. The zero-order valence-electron chi connectivity index (χ0n) is 10.1. The molecule has 1 rings (SSSR count). The monoisotopic (exact) mass is 272 g/mol. The minimum absolute atomic E-state index is 0.0689. The lowest BCUT2D eigenvalue weighted by Crippen LogP contribution is -2.31. The number of anilines is 1. The Morgan fingerprint density at radius 1 is 1.33 bits per heavy atom. The Balaban J connectivity index is 2.80. The van der Waals surface area contributed by atoms with Crippen molar-refractivity contribution in [2.75, 3.05) is 30.3 Å². The molecule has 0 saturated carbocycles. The zero-order valence-corrected chi connectivity index (χ0v) is 10.9. The first kappa shape index (κ1) is 14.6. The highest BCUT2D eigenvalue weighted by Gasteiger charge is 2.11. The Kier molecular flexibility index (Phi) is 5.24. The molecule has 0 amide bonds. The van der Waals surface area contributed by atoms with Crippen molar-refractivity contribution in [3.8, 4) is 0 Å². The lowest BCUT2D eigenvalue weighted by Gasteiger charge is -2.23. The van der Waals surface area contributed by atoms with Crippen LogP contribution < -0.4 is 4.90 Å². The predicted molar refractivity (Wildman–Crippen MR) is 70.5 cm³/mol. The van der Waals surface area contributed by atoms with E-state index in [4.69, 9.17) is 4.55 Å². The Labute approximate surface area is 106 Å². The molecule has 100 valence electrons. The van der Waals surface area contributed by atoms with Gasteiger partial charge in [0.1, 0.15) is 0 Å². The maximum atomic E-state index is 10.8. The minimum atomic E-state index is -4.01. The van der Waals surface area contributed by atoms with Crippen LogP contribution in [0.2, 0.25) is 0 Å². The standard InChI is InChI=1S/C11H16N2O4S/c1-10-3-2-4-11(9-10)13(6-5-12-14)7-8-18(15,16)17/h2-4,9H,5-8H2,1H3,(H,15,16,17). The summed E-state index contributed by atoms with van der Waals surface area (Å²) in [5, 5.41) is 2.76. The van der Waals surface area contributed by atoms with Gasteiger partial charge < -0.3 is 4.90 Å². The minimum Gasteiger partial charge on any atom is -0.368 e. The average molecular weight is 272 g/mol. The van der Waals surface area contributed by atoms with Crippen molar-refractivity contribution in [1.82, 2.24) is 0 Å². The highest BCUT2D eigenvalue weighted by molar-refractivity contribution is 7.85. The third-order valence-electron chi connectivity index (χ3n) is 2.45. The van der Waals surface area contributed by atoms with Crippen LogP contribution in [0.3, 0.4) is 0 Å². The van der Waals surface area contributed by atoms with E-state index >= 15 is 0 Å². The van der Waals surface area contributed by atoms with E-state index in [9.17, 15) is 13.3 Å². The van der Waals surface area contributed by atoms with Crippen molar-refractivity contribution in [2.24, 2.45) is 5.18 Å². The van der Waals surface area contributed by atoms with Crippen LogP contribution in [0, 0.1) is 11.8 Å². The number of nitroso groups, excluding NO2 is 1. The molecule has 0 saturated heterocycles. The second-order valence-corrected chi connectivity index (χ2v) is 5.54. The highest BCUT2D eigenvalue weighted by atomic mass is 32.2. The van der Waals surface area contributed by atoms with Crippen LogP contribution in [-0.4, -0.2) is 38.4 Å². The van der Waals surface area contributed by atoms with Crippen molar-refractivity contribution in [3.05, 3.63) is 34.7 Å². The molecule has 18 heavy (non-hydrogen) atoms. The first-order valence-corrected chi connectivity index (χ1v) is 7.09. The molecule has 0 radical (unpaired) electrons. The normalized spacial score (nSPS) is 11.2. The third-order valence-corrected chi connectivity index (χ3v) is 3.15. The number of hydrogen-bond acceptors (Lipinski definition) is 5. The van der Waals surface area contributed by atoms with Crippen molar-refractivity contribution >= 4 is 15.8 Å². The van der Waals surface area contributed by atoms with Crippen LogP contribution >= 0.6 is 0 Å². The summed E-state index contributed by atoms with van der Waals surface area (Å²) in [7, 11) is -4.01. The molecule has 0 aromatic heterocycles. The molecule has 6 nitrogen and oxygen atoms in total. The van der Waals surface area contributed by atoms with Gasteiger partial charge in [-0.1, -0.05) is 17.3 Å². The molecule has 1 N–H and O–H groups in total. The average Bonchev–Trinajstić information content (AvgIpc) is 2.28. The summed E-state index contributed by atoms with van der Waals surface area (Å²) < 4.78 is 30.3. The molecule has 0 fully saturated rings. The van der Waals surface area contributed by atoms with E-state index in [2.05, 4.69) is 5.18 Å². The molecule has 1 aromatic carbocycles. The quantitative estimate of drug-likeness (QED) is 0.599. The summed E-state index contributed by atoms with van der Waals surface area (Å²) in [5.41, 5.74) is 1.84. The molecule has 0 spiro atoms. The Hall–Kier alpha value is -1.47. The van der Waals surface area contributed by atoms with Crippen molar-refractivity contribution in [2.45, 2.75) is 6.92 Å². The van der Waals surface area contributed by atoms with Gasteiger partial charge in [0.05, 0.1) is 12.3 Å². The van der Waals surface area contributed by atoms with Crippen LogP contribution in [-0.2, 0) is 10.1 Å². The molecule has 0 aliphatic carbocycles. The predicted octanol–water partition coefficient (Wildman–Crippen LogP) is 1.46. The van der Waals surface area contributed by atoms with Crippen molar-refractivity contribution < 1.29 is 13.0 Å². The number of benzene rings is 1. The second-order valence-electron chi connectivity index (χ2n) is 3.96. The topological polar surface area (TPSA) is 87.0 Å². The van der Waals surface area contributed by atoms with Crippen molar-refractivity contribution in [1.29, 1.82) is 0 Å². The molecule has 0 heterocycles. The molecule has 1 aromatic rings. The third kappa shape index (κ3) is 5.24. The van der Waals surface area contributed by atoms with Gasteiger partial charge in [0.25, 0.3) is 10.1 Å². The van der Waals surface area contributed by atoms with E-state index in [1.165, 1.54) is 0 Å². The lowest BCUT2D eigenvalue weighted by molar-refractivity contribution is 0.482. The van der Waals surface area contributed by atoms with Crippen molar-refractivity contribution in [3.63, 3.8) is 0 Å². The number of nitrogens with zero attached hydrogens (tertiary/aromatic N) is 2. The Morgan fingerprint density at radius 2 is 2.06 bits per heavy atom. The summed E-state index contributed by atoms with van der Waals surface area (Å²) in [6.45, 7) is 2.43. The van der Waals surface area contributed by atoms with Gasteiger partial charge in [-0.25, -0.2) is 0 Å². The van der Waals surface area contributed by atoms with Gasteiger partial charge in [-0.2, -0.15) is 13.3 Å². The first-order chi connectivity index (χ1) is 8.42. The van der Waals surface area contributed by atoms with Gasteiger partial charge in [-0.15, -0.1) is 0 Å². The molecular formula is C11H16N2O4S. The largest absolute Gasteiger partial charge is 0.368 e.